The number of nitrogens with zero attached hydrogens (tertiary/aromatic N) is 1. The van der Waals surface area contributed by atoms with Crippen LogP contribution in [-0.4, -0.2) is 25.6 Å². The first kappa shape index (κ1) is 18.8. The Morgan fingerprint density at radius 3 is 2.03 bits per heavy atom. The highest BCUT2D eigenvalue weighted by atomic mass is 32.2. The summed E-state index contributed by atoms with van der Waals surface area (Å²) < 4.78 is 29.2. The Bertz CT molecular complexity index is 1220. The summed E-state index contributed by atoms with van der Waals surface area (Å²) in [5, 5.41) is 11.3. The topological polar surface area (TPSA) is 104 Å². The lowest BCUT2D eigenvalue weighted by Crippen LogP contribution is -2.12. The standard InChI is InChI=1S/C21H15NO6S/c1-29(26,27)19-11-10-13(12-18(19)22(24)25)21(23)28-20-16-8-4-2-6-14(16)15-7-3-5-9-17(15)20/h2-12,20H,1H3. The second kappa shape index (κ2) is 6.82. The molecule has 0 saturated heterocycles. The zero-order valence-corrected chi connectivity index (χ0v) is 16.0. The molecule has 7 nitrogen and oxygen atoms in total. The first-order valence-electron chi connectivity index (χ1n) is 8.65. The van der Waals surface area contributed by atoms with Crippen molar-refractivity contribution in [3.8, 4) is 11.1 Å². The monoisotopic (exact) mass is 409 g/mol. The predicted octanol–water partition coefficient (Wildman–Crippen LogP) is 3.93. The van der Waals surface area contributed by atoms with Gasteiger partial charge in [-0.2, -0.15) is 0 Å². The van der Waals surface area contributed by atoms with Crippen LogP contribution in [0.15, 0.2) is 71.6 Å². The van der Waals surface area contributed by atoms with Crippen molar-refractivity contribution in [2.75, 3.05) is 6.26 Å². The Hall–Kier alpha value is -3.52. The molecule has 0 atom stereocenters. The lowest BCUT2D eigenvalue weighted by Gasteiger charge is -2.15. The van der Waals surface area contributed by atoms with Gasteiger partial charge in [-0.25, -0.2) is 13.2 Å². The average molecular weight is 409 g/mol. The lowest BCUT2D eigenvalue weighted by molar-refractivity contribution is -0.387. The lowest BCUT2D eigenvalue weighted by atomic mass is 10.1. The molecule has 0 N–H and O–H groups in total. The molecule has 3 aromatic carbocycles. The van der Waals surface area contributed by atoms with E-state index in [1.54, 1.807) is 0 Å². The van der Waals surface area contributed by atoms with Crippen LogP contribution >= 0.6 is 0 Å². The van der Waals surface area contributed by atoms with Gasteiger partial charge in [-0.3, -0.25) is 10.1 Å². The van der Waals surface area contributed by atoms with E-state index in [9.17, 15) is 23.3 Å². The zero-order valence-electron chi connectivity index (χ0n) is 15.2. The summed E-state index contributed by atoms with van der Waals surface area (Å²) in [4.78, 5) is 22.8. The molecule has 146 valence electrons. The van der Waals surface area contributed by atoms with E-state index in [0.717, 1.165) is 40.6 Å². The SMILES string of the molecule is CS(=O)(=O)c1ccc(C(=O)OC2c3ccccc3-c3ccccc32)cc1[N+](=O)[O-]. The van der Waals surface area contributed by atoms with E-state index >= 15 is 0 Å². The number of benzene rings is 3. The Balaban J connectivity index is 1.72. The highest BCUT2D eigenvalue weighted by Gasteiger charge is 2.32. The van der Waals surface area contributed by atoms with Crippen molar-refractivity contribution in [1.29, 1.82) is 0 Å². The number of fused-ring (bicyclic) bond motifs is 3. The summed E-state index contributed by atoms with van der Waals surface area (Å²) in [6, 6.07) is 18.3. The summed E-state index contributed by atoms with van der Waals surface area (Å²) in [7, 11) is -3.82. The fourth-order valence-corrected chi connectivity index (χ4v) is 4.34. The quantitative estimate of drug-likeness (QED) is 0.367. The molecule has 0 fully saturated rings. The van der Waals surface area contributed by atoms with Crippen molar-refractivity contribution in [1.82, 2.24) is 0 Å². The van der Waals surface area contributed by atoms with Crippen molar-refractivity contribution >= 4 is 21.5 Å². The van der Waals surface area contributed by atoms with Crippen LogP contribution in [-0.2, 0) is 14.6 Å². The minimum Gasteiger partial charge on any atom is -0.449 e. The molecule has 0 bridgehead atoms. The Morgan fingerprint density at radius 1 is 0.966 bits per heavy atom. The molecule has 1 aliphatic carbocycles. The molecule has 0 heterocycles. The molecule has 1 aliphatic rings. The first-order chi connectivity index (χ1) is 13.8. The first-order valence-corrected chi connectivity index (χ1v) is 10.5. The van der Waals surface area contributed by atoms with Gasteiger partial charge >= 0.3 is 5.97 Å². The number of ether oxygens (including phenoxy) is 1. The van der Waals surface area contributed by atoms with E-state index in [-0.39, 0.29) is 5.56 Å². The number of nitro benzene ring substituents is 1. The summed E-state index contributed by atoms with van der Waals surface area (Å²) in [6.45, 7) is 0. The molecule has 0 aromatic heterocycles. The van der Waals surface area contributed by atoms with Crippen LogP contribution in [0.4, 0.5) is 5.69 Å². The van der Waals surface area contributed by atoms with E-state index in [4.69, 9.17) is 4.74 Å². The van der Waals surface area contributed by atoms with Crippen LogP contribution in [0.25, 0.3) is 11.1 Å². The van der Waals surface area contributed by atoms with Gasteiger partial charge in [0.25, 0.3) is 5.69 Å². The van der Waals surface area contributed by atoms with Crippen LogP contribution in [0.5, 0.6) is 0 Å². The molecule has 0 unspecified atom stereocenters. The fraction of sp³-hybridized carbons (Fsp3) is 0.0952. The van der Waals surface area contributed by atoms with Gasteiger partial charge in [0.1, 0.15) is 4.90 Å². The zero-order chi connectivity index (χ0) is 20.8. The predicted molar refractivity (Wildman–Crippen MR) is 105 cm³/mol. The number of hydrogen-bond donors (Lipinski definition) is 0. The average Bonchev–Trinajstić information content (AvgIpc) is 3.01. The van der Waals surface area contributed by atoms with Crippen molar-refractivity contribution < 1.29 is 22.9 Å². The van der Waals surface area contributed by atoms with Crippen molar-refractivity contribution in [2.45, 2.75) is 11.0 Å². The molecule has 0 spiro atoms. The van der Waals surface area contributed by atoms with Gasteiger partial charge in [-0.15, -0.1) is 0 Å². The van der Waals surface area contributed by atoms with E-state index in [1.165, 1.54) is 6.07 Å². The maximum atomic E-state index is 12.8. The molecule has 0 saturated carbocycles. The van der Waals surface area contributed by atoms with Crippen LogP contribution in [0, 0.1) is 10.1 Å². The van der Waals surface area contributed by atoms with Gasteiger partial charge in [-0.05, 0) is 23.3 Å². The van der Waals surface area contributed by atoms with Gasteiger partial charge in [0.2, 0.25) is 0 Å². The van der Waals surface area contributed by atoms with Crippen LogP contribution in [0.3, 0.4) is 0 Å². The molecule has 29 heavy (non-hydrogen) atoms. The van der Waals surface area contributed by atoms with Crippen LogP contribution in [0.2, 0.25) is 0 Å². The molecule has 0 radical (unpaired) electrons. The van der Waals surface area contributed by atoms with Gasteiger partial charge < -0.3 is 4.74 Å². The van der Waals surface area contributed by atoms with Crippen LogP contribution in [0.1, 0.15) is 27.6 Å². The summed E-state index contributed by atoms with van der Waals surface area (Å²) in [5.74, 6) is -0.773. The normalized spacial score (nSPS) is 12.9. The van der Waals surface area contributed by atoms with E-state index in [1.807, 2.05) is 48.5 Å². The van der Waals surface area contributed by atoms with E-state index < -0.39 is 37.4 Å². The smallest absolute Gasteiger partial charge is 0.339 e. The van der Waals surface area contributed by atoms with Gasteiger partial charge in [0, 0.05) is 23.4 Å². The maximum Gasteiger partial charge on any atom is 0.339 e. The van der Waals surface area contributed by atoms with Gasteiger partial charge in [0.15, 0.2) is 15.9 Å². The van der Waals surface area contributed by atoms with Crippen molar-refractivity contribution in [3.63, 3.8) is 0 Å². The van der Waals surface area contributed by atoms with Crippen LogP contribution < -0.4 is 0 Å². The molecule has 0 aliphatic heterocycles. The molecule has 8 heteroatoms. The summed E-state index contributed by atoms with van der Waals surface area (Å²) in [6.07, 6.45) is 0.225. The Morgan fingerprint density at radius 2 is 1.52 bits per heavy atom. The molecule has 3 aromatic rings. The number of esters is 1. The number of carbonyl (C=O) groups is 1. The van der Waals surface area contributed by atoms with Crippen molar-refractivity contribution in [3.05, 3.63) is 93.5 Å². The number of carbonyl (C=O) groups excluding carboxylic acids is 1. The molecular formula is C21H15NO6S. The Kier molecular flexibility index (Phi) is 4.43. The number of sulfone groups is 1. The number of rotatable bonds is 4. The number of nitro groups is 1. The summed E-state index contributed by atoms with van der Waals surface area (Å²) in [5.41, 5.74) is 2.81. The largest absolute Gasteiger partial charge is 0.449 e. The molecular weight excluding hydrogens is 394 g/mol. The van der Waals surface area contributed by atoms with Gasteiger partial charge in [0.05, 0.1) is 10.5 Å². The minimum absolute atomic E-state index is 0.0917. The third-order valence-corrected chi connectivity index (χ3v) is 5.94. The third-order valence-electron chi connectivity index (χ3n) is 4.79. The molecule has 4 rings (SSSR count). The Labute approximate surface area is 166 Å². The highest BCUT2D eigenvalue weighted by Crippen LogP contribution is 2.45. The highest BCUT2D eigenvalue weighted by molar-refractivity contribution is 7.90. The fourth-order valence-electron chi connectivity index (χ4n) is 3.51. The molecule has 0 amide bonds. The number of hydrogen-bond acceptors (Lipinski definition) is 6. The van der Waals surface area contributed by atoms with E-state index in [0.29, 0.717) is 0 Å². The summed E-state index contributed by atoms with van der Waals surface area (Å²) >= 11 is 0. The maximum absolute atomic E-state index is 12.8. The second-order valence-corrected chi connectivity index (χ2v) is 8.66. The van der Waals surface area contributed by atoms with Crippen molar-refractivity contribution in [2.24, 2.45) is 0 Å². The second-order valence-electron chi connectivity index (χ2n) is 6.67. The van der Waals surface area contributed by atoms with Gasteiger partial charge in [-0.1, -0.05) is 48.5 Å². The minimum atomic E-state index is -3.82. The van der Waals surface area contributed by atoms with E-state index in [2.05, 4.69) is 0 Å². The third kappa shape index (κ3) is 3.27.